The first-order valence-electron chi connectivity index (χ1n) is 5.21. The average molecular weight is 186 g/mol. The second kappa shape index (κ2) is 6.35. The molecule has 1 N–H and O–H groups in total. The van der Waals surface area contributed by atoms with Gasteiger partial charge >= 0.3 is 0 Å². The Kier molecular flexibility index (Phi) is 5.35. The fourth-order valence-electron chi connectivity index (χ4n) is 1.26. The minimum atomic E-state index is 0.832. The molecular formula is C10H22N2O. The van der Waals surface area contributed by atoms with E-state index in [1.807, 2.05) is 0 Å². The lowest BCUT2D eigenvalue weighted by Crippen LogP contribution is -2.32. The molecule has 0 bridgehead atoms. The van der Waals surface area contributed by atoms with Gasteiger partial charge < -0.3 is 15.0 Å². The number of nitrogens with zero attached hydrogens (tertiary/aromatic N) is 1. The van der Waals surface area contributed by atoms with Crippen LogP contribution in [0.3, 0.4) is 0 Å². The molecule has 13 heavy (non-hydrogen) atoms. The number of hydrogen-bond donors (Lipinski definition) is 1. The summed E-state index contributed by atoms with van der Waals surface area (Å²) < 4.78 is 5.00. The average Bonchev–Trinajstić information content (AvgIpc) is 2.92. The van der Waals surface area contributed by atoms with Crippen LogP contribution in [0, 0.1) is 5.92 Å². The lowest BCUT2D eigenvalue weighted by Gasteiger charge is -2.15. The highest BCUT2D eigenvalue weighted by Gasteiger charge is 2.19. The van der Waals surface area contributed by atoms with Crippen molar-refractivity contribution in [1.82, 2.24) is 10.2 Å². The van der Waals surface area contributed by atoms with E-state index in [1.165, 1.54) is 19.4 Å². The Hall–Kier alpha value is -0.120. The van der Waals surface area contributed by atoms with E-state index < -0.39 is 0 Å². The van der Waals surface area contributed by atoms with Crippen molar-refractivity contribution in [2.24, 2.45) is 5.92 Å². The quantitative estimate of drug-likeness (QED) is 0.561. The van der Waals surface area contributed by atoms with Gasteiger partial charge in [0.05, 0.1) is 6.61 Å². The van der Waals surface area contributed by atoms with Crippen molar-refractivity contribution < 1.29 is 4.74 Å². The zero-order chi connectivity index (χ0) is 9.52. The highest BCUT2D eigenvalue weighted by Crippen LogP contribution is 2.27. The van der Waals surface area contributed by atoms with E-state index in [0.717, 1.165) is 32.2 Å². The van der Waals surface area contributed by atoms with Gasteiger partial charge in [0.25, 0.3) is 0 Å². The minimum Gasteiger partial charge on any atom is -0.383 e. The van der Waals surface area contributed by atoms with E-state index in [2.05, 4.69) is 17.3 Å². The molecule has 1 saturated carbocycles. The van der Waals surface area contributed by atoms with E-state index in [4.69, 9.17) is 4.74 Å². The van der Waals surface area contributed by atoms with Crippen LogP contribution in [-0.2, 0) is 4.74 Å². The summed E-state index contributed by atoms with van der Waals surface area (Å²) in [6.07, 6.45) is 2.87. The SMILES string of the molecule is COCCN(C)CCNCC1CC1. The molecule has 0 atom stereocenters. The topological polar surface area (TPSA) is 24.5 Å². The smallest absolute Gasteiger partial charge is 0.0589 e. The molecule has 0 radical (unpaired) electrons. The molecule has 0 aromatic carbocycles. The second-order valence-corrected chi connectivity index (χ2v) is 3.94. The Balaban J connectivity index is 1.79. The first-order valence-corrected chi connectivity index (χ1v) is 5.21. The Bertz CT molecular complexity index is 126. The summed E-state index contributed by atoms with van der Waals surface area (Å²) in [5.41, 5.74) is 0. The summed E-state index contributed by atoms with van der Waals surface area (Å²) in [6, 6.07) is 0. The largest absolute Gasteiger partial charge is 0.383 e. The molecule has 0 aliphatic heterocycles. The maximum atomic E-state index is 5.00. The van der Waals surface area contributed by atoms with Crippen LogP contribution in [0.25, 0.3) is 0 Å². The monoisotopic (exact) mass is 186 g/mol. The molecule has 3 heteroatoms. The molecule has 0 amide bonds. The van der Waals surface area contributed by atoms with Crippen LogP contribution in [0.5, 0.6) is 0 Å². The molecule has 0 aromatic rings. The van der Waals surface area contributed by atoms with Gasteiger partial charge in [-0.2, -0.15) is 0 Å². The van der Waals surface area contributed by atoms with E-state index in [1.54, 1.807) is 7.11 Å². The molecule has 0 unspecified atom stereocenters. The van der Waals surface area contributed by atoms with Gasteiger partial charge in [-0.15, -0.1) is 0 Å². The summed E-state index contributed by atoms with van der Waals surface area (Å²) >= 11 is 0. The first-order chi connectivity index (χ1) is 6.33. The van der Waals surface area contributed by atoms with Crippen molar-refractivity contribution in [2.45, 2.75) is 12.8 Å². The van der Waals surface area contributed by atoms with E-state index in [-0.39, 0.29) is 0 Å². The van der Waals surface area contributed by atoms with Crippen LogP contribution in [0.15, 0.2) is 0 Å². The third kappa shape index (κ3) is 6.02. The Morgan fingerprint density at radius 1 is 1.38 bits per heavy atom. The first kappa shape index (κ1) is 11.0. The lowest BCUT2D eigenvalue weighted by molar-refractivity contribution is 0.161. The van der Waals surface area contributed by atoms with Crippen LogP contribution in [-0.4, -0.2) is 51.8 Å². The zero-order valence-corrected chi connectivity index (χ0v) is 8.88. The molecule has 0 aromatic heterocycles. The van der Waals surface area contributed by atoms with Crippen LogP contribution in [0.2, 0.25) is 0 Å². The third-order valence-corrected chi connectivity index (χ3v) is 2.48. The number of rotatable bonds is 8. The number of ether oxygens (including phenoxy) is 1. The second-order valence-electron chi connectivity index (χ2n) is 3.94. The van der Waals surface area contributed by atoms with Gasteiger partial charge in [0, 0.05) is 26.7 Å². The van der Waals surface area contributed by atoms with Gasteiger partial charge in [-0.05, 0) is 32.4 Å². The molecule has 1 fully saturated rings. The van der Waals surface area contributed by atoms with Gasteiger partial charge in [0.1, 0.15) is 0 Å². The van der Waals surface area contributed by atoms with Gasteiger partial charge in [0.2, 0.25) is 0 Å². The molecule has 3 nitrogen and oxygen atoms in total. The van der Waals surface area contributed by atoms with E-state index >= 15 is 0 Å². The normalized spacial score (nSPS) is 16.8. The minimum absolute atomic E-state index is 0.832. The Morgan fingerprint density at radius 2 is 2.15 bits per heavy atom. The molecule has 0 heterocycles. The zero-order valence-electron chi connectivity index (χ0n) is 8.88. The lowest BCUT2D eigenvalue weighted by atomic mass is 10.4. The molecule has 1 aliphatic carbocycles. The summed E-state index contributed by atoms with van der Waals surface area (Å²) in [4.78, 5) is 2.30. The van der Waals surface area contributed by atoms with E-state index in [9.17, 15) is 0 Å². The summed E-state index contributed by atoms with van der Waals surface area (Å²) in [6.45, 7) is 5.31. The molecule has 1 rings (SSSR count). The number of hydrogen-bond acceptors (Lipinski definition) is 3. The fourth-order valence-corrected chi connectivity index (χ4v) is 1.26. The van der Waals surface area contributed by atoms with Crippen LogP contribution in [0.4, 0.5) is 0 Å². The Labute approximate surface area is 81.4 Å². The summed E-state index contributed by atoms with van der Waals surface area (Å²) in [5.74, 6) is 0.990. The Morgan fingerprint density at radius 3 is 2.77 bits per heavy atom. The van der Waals surface area contributed by atoms with E-state index in [0.29, 0.717) is 0 Å². The highest BCUT2D eigenvalue weighted by atomic mass is 16.5. The molecule has 78 valence electrons. The van der Waals surface area contributed by atoms with Crippen molar-refractivity contribution in [1.29, 1.82) is 0 Å². The molecule has 0 saturated heterocycles. The third-order valence-electron chi connectivity index (χ3n) is 2.48. The van der Waals surface area contributed by atoms with Gasteiger partial charge in [-0.3, -0.25) is 0 Å². The maximum absolute atomic E-state index is 5.00. The van der Waals surface area contributed by atoms with Crippen LogP contribution in [0.1, 0.15) is 12.8 Å². The number of nitrogens with one attached hydrogen (secondary N) is 1. The highest BCUT2D eigenvalue weighted by molar-refractivity contribution is 4.75. The molecule has 1 aliphatic rings. The summed E-state index contributed by atoms with van der Waals surface area (Å²) in [5, 5.41) is 3.47. The standard InChI is InChI=1S/C10H22N2O/c1-12(7-8-13-2)6-5-11-9-10-3-4-10/h10-11H,3-9H2,1-2H3. The predicted octanol–water partition coefficient (Wildman–Crippen LogP) is 0.564. The van der Waals surface area contributed by atoms with Crippen LogP contribution >= 0.6 is 0 Å². The number of methoxy groups -OCH3 is 1. The molecular weight excluding hydrogens is 164 g/mol. The fraction of sp³-hybridized carbons (Fsp3) is 1.00. The number of likely N-dealkylation sites (N-methyl/N-ethyl adjacent to an activating group) is 1. The summed E-state index contributed by atoms with van der Waals surface area (Å²) in [7, 11) is 3.89. The van der Waals surface area contributed by atoms with Gasteiger partial charge in [-0.1, -0.05) is 0 Å². The van der Waals surface area contributed by atoms with Crippen molar-refractivity contribution in [3.63, 3.8) is 0 Å². The van der Waals surface area contributed by atoms with Crippen molar-refractivity contribution in [3.8, 4) is 0 Å². The van der Waals surface area contributed by atoms with Crippen LogP contribution < -0.4 is 5.32 Å². The van der Waals surface area contributed by atoms with Gasteiger partial charge in [0.15, 0.2) is 0 Å². The molecule has 0 spiro atoms. The van der Waals surface area contributed by atoms with Crippen molar-refractivity contribution >= 4 is 0 Å². The maximum Gasteiger partial charge on any atom is 0.0589 e. The van der Waals surface area contributed by atoms with Gasteiger partial charge in [-0.25, -0.2) is 0 Å². The van der Waals surface area contributed by atoms with Crippen molar-refractivity contribution in [3.05, 3.63) is 0 Å². The predicted molar refractivity (Wildman–Crippen MR) is 55.0 cm³/mol. The van der Waals surface area contributed by atoms with Crippen molar-refractivity contribution in [2.75, 3.05) is 46.9 Å².